The highest BCUT2D eigenvalue weighted by Crippen LogP contribution is 2.40. The van der Waals surface area contributed by atoms with Crippen LogP contribution in [0.2, 0.25) is 5.02 Å². The van der Waals surface area contributed by atoms with E-state index in [9.17, 15) is 18.0 Å². The van der Waals surface area contributed by atoms with Gasteiger partial charge in [-0.25, -0.2) is 4.79 Å². The number of carbonyl (C=O) groups is 1. The van der Waals surface area contributed by atoms with E-state index in [-0.39, 0.29) is 30.3 Å². The van der Waals surface area contributed by atoms with Gasteiger partial charge in [-0.05, 0) is 30.3 Å². The molecule has 0 aliphatic carbocycles. The Hall–Kier alpha value is -4.03. The molecular formula is C23H19ClF3N5O4. The number of hydrogen-bond donors (Lipinski definition) is 2. The molecule has 0 bridgehead atoms. The summed E-state index contributed by atoms with van der Waals surface area (Å²) >= 11 is 6.26. The van der Waals surface area contributed by atoms with Gasteiger partial charge in [-0.3, -0.25) is 10.00 Å². The number of nitrogens with two attached hydrogens (primary N) is 1. The zero-order valence-electron chi connectivity index (χ0n) is 18.7. The fourth-order valence-electron chi connectivity index (χ4n) is 3.29. The lowest BCUT2D eigenvalue weighted by Crippen LogP contribution is -2.19. The van der Waals surface area contributed by atoms with E-state index < -0.39 is 23.9 Å². The second-order valence-corrected chi connectivity index (χ2v) is 7.75. The fraction of sp³-hybridized carbons (Fsp3) is 0.174. The molecule has 0 saturated carbocycles. The molecule has 0 radical (unpaired) electrons. The molecule has 0 aliphatic rings. The van der Waals surface area contributed by atoms with Crippen molar-refractivity contribution in [3.05, 3.63) is 65.5 Å². The number of nitrogens with one attached hydrogen (secondary N) is 1. The first-order valence-electron chi connectivity index (χ1n) is 10.4. The molecule has 4 rings (SSSR count). The number of nitrogens with zero attached hydrogens (tertiary/aromatic N) is 3. The van der Waals surface area contributed by atoms with Crippen molar-refractivity contribution in [1.29, 1.82) is 0 Å². The summed E-state index contributed by atoms with van der Waals surface area (Å²) in [5.41, 5.74) is 6.95. The quantitative estimate of drug-likeness (QED) is 0.336. The van der Waals surface area contributed by atoms with Crippen LogP contribution in [-0.4, -0.2) is 34.0 Å². The van der Waals surface area contributed by atoms with E-state index >= 15 is 0 Å². The molecule has 2 heterocycles. The first kappa shape index (κ1) is 25.1. The molecule has 2 aromatic heterocycles. The number of hydrogen-bond acceptors (Lipinski definition) is 7. The van der Waals surface area contributed by atoms with Crippen LogP contribution in [0.15, 0.2) is 59.1 Å². The Kier molecular flexibility index (Phi) is 7.17. The summed E-state index contributed by atoms with van der Waals surface area (Å²) in [5, 5.41) is 6.79. The number of carbonyl (C=O) groups excluding carboxylic acids is 1. The predicted octanol–water partition coefficient (Wildman–Crippen LogP) is 5.36. The smallest absolute Gasteiger partial charge is 0.455 e. The Labute approximate surface area is 207 Å². The van der Waals surface area contributed by atoms with Crippen molar-refractivity contribution in [1.82, 2.24) is 14.8 Å². The maximum absolute atomic E-state index is 13.5. The maximum atomic E-state index is 13.5. The zero-order chi connectivity index (χ0) is 25.9. The van der Waals surface area contributed by atoms with E-state index in [0.29, 0.717) is 22.0 Å². The molecule has 1 amide bonds. The summed E-state index contributed by atoms with van der Waals surface area (Å²) in [7, 11) is 1.66. The molecule has 0 fully saturated rings. The standard InChI is InChI=1S/C23H19ClF3N5O4/c1-32-18(16(24)12-29-32)15-11-14(7-8-17(15)34-10-9-28)30-22(33)36-21-19(23(25,26)27)35-20(31-21)13-5-3-2-4-6-13/h2-8,11-12H,9-10,28H2,1H3,(H,30,33). The van der Waals surface area contributed by atoms with Gasteiger partial charge in [0.05, 0.1) is 16.9 Å². The van der Waals surface area contributed by atoms with Crippen molar-refractivity contribution < 1.29 is 31.9 Å². The zero-order valence-corrected chi connectivity index (χ0v) is 19.4. The molecule has 0 aliphatic heterocycles. The van der Waals surface area contributed by atoms with Crippen molar-refractivity contribution in [2.24, 2.45) is 12.8 Å². The van der Waals surface area contributed by atoms with Gasteiger partial charge in [-0.1, -0.05) is 29.8 Å². The molecular weight excluding hydrogens is 503 g/mol. The van der Waals surface area contributed by atoms with Crippen LogP contribution in [0.3, 0.4) is 0 Å². The Morgan fingerprint density at radius 3 is 2.61 bits per heavy atom. The van der Waals surface area contributed by atoms with Gasteiger partial charge in [-0.15, -0.1) is 0 Å². The third-order valence-corrected chi connectivity index (χ3v) is 5.09. The third-order valence-electron chi connectivity index (χ3n) is 4.81. The highest BCUT2D eigenvalue weighted by Gasteiger charge is 2.42. The normalized spacial score (nSPS) is 11.4. The van der Waals surface area contributed by atoms with Crippen molar-refractivity contribution >= 4 is 23.4 Å². The van der Waals surface area contributed by atoms with Gasteiger partial charge in [-0.2, -0.15) is 23.3 Å². The van der Waals surface area contributed by atoms with Gasteiger partial charge in [0.15, 0.2) is 0 Å². The third kappa shape index (κ3) is 5.44. The number of rotatable bonds is 7. The van der Waals surface area contributed by atoms with Gasteiger partial charge < -0.3 is 19.6 Å². The van der Waals surface area contributed by atoms with Crippen LogP contribution in [0.25, 0.3) is 22.7 Å². The van der Waals surface area contributed by atoms with E-state index in [4.69, 9.17) is 31.2 Å². The average molecular weight is 522 g/mol. The van der Waals surface area contributed by atoms with Crippen molar-refractivity contribution in [2.75, 3.05) is 18.5 Å². The molecule has 0 spiro atoms. The molecule has 2 aromatic carbocycles. The van der Waals surface area contributed by atoms with Crippen LogP contribution in [0.5, 0.6) is 11.6 Å². The predicted molar refractivity (Wildman–Crippen MR) is 125 cm³/mol. The van der Waals surface area contributed by atoms with E-state index in [1.807, 2.05) is 0 Å². The summed E-state index contributed by atoms with van der Waals surface area (Å²) in [5.74, 6) is -2.49. The van der Waals surface area contributed by atoms with Crippen LogP contribution in [0.4, 0.5) is 23.7 Å². The monoisotopic (exact) mass is 521 g/mol. The van der Waals surface area contributed by atoms with E-state index in [1.165, 1.54) is 35.1 Å². The molecule has 9 nitrogen and oxygen atoms in total. The van der Waals surface area contributed by atoms with Crippen molar-refractivity contribution in [2.45, 2.75) is 6.18 Å². The topological polar surface area (TPSA) is 117 Å². The van der Waals surface area contributed by atoms with Gasteiger partial charge in [0.2, 0.25) is 5.89 Å². The van der Waals surface area contributed by atoms with Crippen LogP contribution >= 0.6 is 11.6 Å². The Morgan fingerprint density at radius 2 is 1.97 bits per heavy atom. The van der Waals surface area contributed by atoms with Crippen LogP contribution < -0.4 is 20.5 Å². The van der Waals surface area contributed by atoms with E-state index in [1.54, 1.807) is 31.3 Å². The Balaban J connectivity index is 1.61. The number of oxazole rings is 1. The SMILES string of the molecule is Cn1ncc(Cl)c1-c1cc(NC(=O)Oc2nc(-c3ccccc3)oc2C(F)(F)F)ccc1OCCN. The number of alkyl halides is 3. The maximum Gasteiger partial charge on any atom is 0.455 e. The van der Waals surface area contributed by atoms with Crippen molar-refractivity contribution in [3.8, 4) is 34.3 Å². The van der Waals surface area contributed by atoms with E-state index in [2.05, 4.69) is 15.4 Å². The number of aromatic nitrogens is 3. The minimum Gasteiger partial charge on any atom is -0.492 e. The lowest BCUT2D eigenvalue weighted by molar-refractivity contribution is -0.153. The fourth-order valence-corrected chi connectivity index (χ4v) is 3.56. The van der Waals surface area contributed by atoms with Crippen LogP contribution in [0.1, 0.15) is 5.76 Å². The molecule has 0 atom stereocenters. The summed E-state index contributed by atoms with van der Waals surface area (Å²) in [6.07, 6.45) is -4.72. The summed E-state index contributed by atoms with van der Waals surface area (Å²) < 4.78 is 57.4. The van der Waals surface area contributed by atoms with Gasteiger partial charge in [0.25, 0.3) is 11.6 Å². The Bertz CT molecular complexity index is 1350. The minimum absolute atomic E-state index is 0.188. The minimum atomic E-state index is -4.94. The number of ether oxygens (including phenoxy) is 2. The van der Waals surface area contributed by atoms with Crippen LogP contribution in [0, 0.1) is 0 Å². The number of halogens is 4. The molecule has 4 aromatic rings. The highest BCUT2D eigenvalue weighted by atomic mass is 35.5. The Morgan fingerprint density at radius 1 is 1.22 bits per heavy atom. The second kappa shape index (κ2) is 10.3. The first-order valence-corrected chi connectivity index (χ1v) is 10.8. The van der Waals surface area contributed by atoms with Gasteiger partial charge >= 0.3 is 12.3 Å². The molecule has 0 saturated heterocycles. The largest absolute Gasteiger partial charge is 0.492 e. The number of aryl methyl sites for hydroxylation is 1. The lowest BCUT2D eigenvalue weighted by atomic mass is 10.1. The van der Waals surface area contributed by atoms with Gasteiger partial charge in [0, 0.05) is 30.4 Å². The summed E-state index contributed by atoms with van der Waals surface area (Å²) in [6, 6.07) is 12.4. The number of anilines is 1. The first-order chi connectivity index (χ1) is 17.2. The number of benzene rings is 2. The molecule has 0 unspecified atom stereocenters. The van der Waals surface area contributed by atoms with Gasteiger partial charge in [0.1, 0.15) is 12.4 Å². The summed E-state index contributed by atoms with van der Waals surface area (Å²) in [6.45, 7) is 0.475. The molecule has 13 heteroatoms. The van der Waals surface area contributed by atoms with Crippen molar-refractivity contribution in [3.63, 3.8) is 0 Å². The van der Waals surface area contributed by atoms with E-state index in [0.717, 1.165) is 0 Å². The number of amides is 1. The molecule has 36 heavy (non-hydrogen) atoms. The lowest BCUT2D eigenvalue weighted by Gasteiger charge is -2.14. The summed E-state index contributed by atoms with van der Waals surface area (Å²) in [4.78, 5) is 16.2. The second-order valence-electron chi connectivity index (χ2n) is 7.34. The molecule has 188 valence electrons. The molecule has 3 N–H and O–H groups in total. The average Bonchev–Trinajstić information content (AvgIpc) is 3.41. The highest BCUT2D eigenvalue weighted by molar-refractivity contribution is 6.33. The van der Waals surface area contributed by atoms with Crippen LogP contribution in [-0.2, 0) is 13.2 Å².